The minimum atomic E-state index is 0.492. The lowest BCUT2D eigenvalue weighted by molar-refractivity contribution is 1.28. The van der Waals surface area contributed by atoms with Crippen LogP contribution in [0, 0.1) is 11.3 Å². The van der Waals surface area contributed by atoms with Crippen molar-refractivity contribution in [3.8, 4) is 6.07 Å². The molecule has 17 heavy (non-hydrogen) atoms. The Labute approximate surface area is 112 Å². The normalized spacial score (nSPS) is 9.71. The first-order valence-electron chi connectivity index (χ1n) is 4.78. The van der Waals surface area contributed by atoms with E-state index in [0.717, 1.165) is 10.2 Å². The molecule has 0 unspecified atom stereocenters. The molecule has 0 saturated heterocycles. The molecule has 84 valence electrons. The standard InChI is InChI=1S/C12H7BrClN3/c13-10-4-3-9(6-11(10)14)17-12-8(7-15)2-1-5-16-12/h1-6H,(H,16,17). The van der Waals surface area contributed by atoms with Crippen molar-refractivity contribution in [2.24, 2.45) is 0 Å². The van der Waals surface area contributed by atoms with E-state index in [9.17, 15) is 0 Å². The van der Waals surface area contributed by atoms with Gasteiger partial charge in [-0.05, 0) is 46.3 Å². The van der Waals surface area contributed by atoms with Crippen LogP contribution < -0.4 is 5.32 Å². The Morgan fingerprint density at radius 3 is 2.88 bits per heavy atom. The molecule has 0 spiro atoms. The molecule has 2 aromatic rings. The zero-order valence-electron chi connectivity index (χ0n) is 8.61. The van der Waals surface area contributed by atoms with Crippen LogP contribution in [0.2, 0.25) is 5.02 Å². The highest BCUT2D eigenvalue weighted by Gasteiger charge is 2.04. The molecule has 1 aromatic heterocycles. The summed E-state index contributed by atoms with van der Waals surface area (Å²) in [5.41, 5.74) is 1.28. The van der Waals surface area contributed by atoms with Gasteiger partial charge in [0.25, 0.3) is 0 Å². The summed E-state index contributed by atoms with van der Waals surface area (Å²) in [5.74, 6) is 0.522. The van der Waals surface area contributed by atoms with Gasteiger partial charge in [-0.3, -0.25) is 0 Å². The maximum Gasteiger partial charge on any atom is 0.148 e. The molecule has 0 saturated carbocycles. The van der Waals surface area contributed by atoms with Crippen molar-refractivity contribution in [1.29, 1.82) is 5.26 Å². The highest BCUT2D eigenvalue weighted by Crippen LogP contribution is 2.27. The van der Waals surface area contributed by atoms with Gasteiger partial charge in [0.1, 0.15) is 11.9 Å². The molecule has 0 bridgehead atoms. The van der Waals surface area contributed by atoms with Crippen molar-refractivity contribution < 1.29 is 0 Å². The van der Waals surface area contributed by atoms with Crippen LogP contribution in [0.15, 0.2) is 41.0 Å². The molecule has 0 atom stereocenters. The average molecular weight is 309 g/mol. The molecule has 0 aliphatic heterocycles. The van der Waals surface area contributed by atoms with Crippen LogP contribution >= 0.6 is 27.5 Å². The quantitative estimate of drug-likeness (QED) is 0.908. The summed E-state index contributed by atoms with van der Waals surface area (Å²) in [4.78, 5) is 4.11. The summed E-state index contributed by atoms with van der Waals surface area (Å²) >= 11 is 9.30. The summed E-state index contributed by atoms with van der Waals surface area (Å²) in [7, 11) is 0. The molecule has 1 heterocycles. The summed E-state index contributed by atoms with van der Waals surface area (Å²) in [5, 5.41) is 12.6. The van der Waals surface area contributed by atoms with E-state index in [1.165, 1.54) is 0 Å². The third kappa shape index (κ3) is 2.76. The van der Waals surface area contributed by atoms with Gasteiger partial charge in [0, 0.05) is 16.4 Å². The molecular weight excluding hydrogens is 302 g/mol. The van der Waals surface area contributed by atoms with E-state index in [-0.39, 0.29) is 0 Å². The number of rotatable bonds is 2. The second-order valence-electron chi connectivity index (χ2n) is 3.27. The number of hydrogen-bond donors (Lipinski definition) is 1. The maximum absolute atomic E-state index is 8.93. The molecule has 0 fully saturated rings. The third-order valence-corrected chi connectivity index (χ3v) is 3.34. The molecule has 3 nitrogen and oxygen atoms in total. The fourth-order valence-corrected chi connectivity index (χ4v) is 1.73. The van der Waals surface area contributed by atoms with Gasteiger partial charge in [0.2, 0.25) is 0 Å². The van der Waals surface area contributed by atoms with Crippen LogP contribution in [0.1, 0.15) is 5.56 Å². The summed E-state index contributed by atoms with van der Waals surface area (Å²) < 4.78 is 0.825. The van der Waals surface area contributed by atoms with Gasteiger partial charge in [0.05, 0.1) is 10.6 Å². The monoisotopic (exact) mass is 307 g/mol. The number of aromatic nitrogens is 1. The Balaban J connectivity index is 2.32. The summed E-state index contributed by atoms with van der Waals surface area (Å²) in [6.45, 7) is 0. The van der Waals surface area contributed by atoms with Crippen LogP contribution in [-0.2, 0) is 0 Å². The van der Waals surface area contributed by atoms with Crippen LogP contribution in [-0.4, -0.2) is 4.98 Å². The molecule has 0 aliphatic carbocycles. The Hall–Kier alpha value is -1.57. The van der Waals surface area contributed by atoms with Gasteiger partial charge in [-0.25, -0.2) is 4.98 Å². The van der Waals surface area contributed by atoms with Gasteiger partial charge in [-0.2, -0.15) is 5.26 Å². The van der Waals surface area contributed by atoms with E-state index in [1.54, 1.807) is 24.4 Å². The summed E-state index contributed by atoms with van der Waals surface area (Å²) in [6, 6.07) is 11.0. The van der Waals surface area contributed by atoms with Crippen molar-refractivity contribution in [1.82, 2.24) is 4.98 Å². The highest BCUT2D eigenvalue weighted by atomic mass is 79.9. The fraction of sp³-hybridized carbons (Fsp3) is 0. The Morgan fingerprint density at radius 1 is 1.35 bits per heavy atom. The molecular formula is C12H7BrClN3. The summed E-state index contributed by atoms with van der Waals surface area (Å²) in [6.07, 6.45) is 1.63. The molecule has 1 N–H and O–H groups in total. The zero-order valence-corrected chi connectivity index (χ0v) is 11.0. The Bertz CT molecular complexity index is 593. The van der Waals surface area contributed by atoms with Gasteiger partial charge in [-0.1, -0.05) is 11.6 Å². The van der Waals surface area contributed by atoms with Crippen LogP contribution in [0.25, 0.3) is 0 Å². The van der Waals surface area contributed by atoms with Crippen molar-refractivity contribution in [3.63, 3.8) is 0 Å². The Morgan fingerprint density at radius 2 is 2.18 bits per heavy atom. The molecule has 2 rings (SSSR count). The topological polar surface area (TPSA) is 48.7 Å². The van der Waals surface area contributed by atoms with Crippen molar-refractivity contribution in [2.75, 3.05) is 5.32 Å². The van der Waals surface area contributed by atoms with Crippen LogP contribution in [0.3, 0.4) is 0 Å². The molecule has 5 heteroatoms. The van der Waals surface area contributed by atoms with E-state index in [4.69, 9.17) is 16.9 Å². The molecule has 0 aliphatic rings. The van der Waals surface area contributed by atoms with Crippen LogP contribution in [0.5, 0.6) is 0 Å². The van der Waals surface area contributed by atoms with Crippen molar-refractivity contribution in [2.45, 2.75) is 0 Å². The molecule has 1 aromatic carbocycles. The largest absolute Gasteiger partial charge is 0.339 e. The number of pyridine rings is 1. The second-order valence-corrected chi connectivity index (χ2v) is 4.53. The SMILES string of the molecule is N#Cc1cccnc1Nc1ccc(Br)c(Cl)c1. The first kappa shape index (κ1) is 11.9. The number of benzene rings is 1. The zero-order chi connectivity index (χ0) is 12.3. The van der Waals surface area contributed by atoms with Crippen molar-refractivity contribution >= 4 is 39.0 Å². The van der Waals surface area contributed by atoms with Gasteiger partial charge < -0.3 is 5.32 Å². The lowest BCUT2D eigenvalue weighted by atomic mass is 10.2. The smallest absolute Gasteiger partial charge is 0.148 e. The van der Waals surface area contributed by atoms with E-state index >= 15 is 0 Å². The van der Waals surface area contributed by atoms with Crippen LogP contribution in [0.4, 0.5) is 11.5 Å². The van der Waals surface area contributed by atoms with Gasteiger partial charge in [0.15, 0.2) is 0 Å². The lowest BCUT2D eigenvalue weighted by Crippen LogP contribution is -1.96. The van der Waals surface area contributed by atoms with E-state index in [1.807, 2.05) is 12.1 Å². The first-order chi connectivity index (χ1) is 8.20. The fourth-order valence-electron chi connectivity index (χ4n) is 1.31. The third-order valence-electron chi connectivity index (χ3n) is 2.11. The van der Waals surface area contributed by atoms with E-state index in [2.05, 4.69) is 32.3 Å². The van der Waals surface area contributed by atoms with Gasteiger partial charge >= 0.3 is 0 Å². The van der Waals surface area contributed by atoms with E-state index < -0.39 is 0 Å². The van der Waals surface area contributed by atoms with E-state index in [0.29, 0.717) is 16.4 Å². The predicted octanol–water partition coefficient (Wildman–Crippen LogP) is 4.11. The number of nitrogens with one attached hydrogen (secondary N) is 1. The number of nitriles is 1. The van der Waals surface area contributed by atoms with Crippen molar-refractivity contribution in [3.05, 3.63) is 51.6 Å². The lowest BCUT2D eigenvalue weighted by Gasteiger charge is -2.07. The highest BCUT2D eigenvalue weighted by molar-refractivity contribution is 9.10. The second kappa shape index (κ2) is 5.17. The number of halogens is 2. The van der Waals surface area contributed by atoms with Gasteiger partial charge in [-0.15, -0.1) is 0 Å². The minimum absolute atomic E-state index is 0.492. The predicted molar refractivity (Wildman–Crippen MR) is 71.4 cm³/mol. The molecule has 0 radical (unpaired) electrons. The first-order valence-corrected chi connectivity index (χ1v) is 5.95. The Kier molecular flexibility index (Phi) is 3.62. The number of anilines is 2. The number of nitrogens with zero attached hydrogens (tertiary/aromatic N) is 2. The minimum Gasteiger partial charge on any atom is -0.339 e. The maximum atomic E-state index is 8.93. The number of hydrogen-bond acceptors (Lipinski definition) is 3. The molecule has 0 amide bonds. The average Bonchev–Trinajstić information content (AvgIpc) is 2.34.